The van der Waals surface area contributed by atoms with Crippen molar-refractivity contribution in [1.29, 1.82) is 0 Å². The maximum absolute atomic E-state index is 13.6. The lowest BCUT2D eigenvalue weighted by molar-refractivity contribution is -0.122. The fourth-order valence-corrected chi connectivity index (χ4v) is 5.27. The fourth-order valence-electron chi connectivity index (χ4n) is 5.27. The molecule has 5 rings (SSSR count). The van der Waals surface area contributed by atoms with Crippen molar-refractivity contribution in [2.24, 2.45) is 0 Å². The van der Waals surface area contributed by atoms with Crippen LogP contribution in [0.15, 0.2) is 67.3 Å². The molecule has 1 spiro atoms. The zero-order valence-electron chi connectivity index (χ0n) is 18.4. The molecule has 33 heavy (non-hydrogen) atoms. The zero-order valence-corrected chi connectivity index (χ0v) is 18.4. The third-order valence-electron chi connectivity index (χ3n) is 6.87. The van der Waals surface area contributed by atoms with Crippen LogP contribution < -0.4 is 5.32 Å². The highest BCUT2D eigenvalue weighted by Crippen LogP contribution is 2.41. The molecule has 3 heterocycles. The topological polar surface area (TPSA) is 67.2 Å². The molecule has 7 heteroatoms. The van der Waals surface area contributed by atoms with E-state index in [4.69, 9.17) is 0 Å². The largest absolute Gasteiger partial charge is 0.348 e. The number of hydrogen-bond donors (Lipinski definition) is 1. The molecule has 1 N–H and O–H groups in total. The maximum Gasteiger partial charge on any atom is 0.253 e. The summed E-state index contributed by atoms with van der Waals surface area (Å²) in [5.74, 6) is -0.405. The molecule has 0 unspecified atom stereocenters. The van der Waals surface area contributed by atoms with Crippen molar-refractivity contribution < 1.29 is 14.0 Å². The van der Waals surface area contributed by atoms with Gasteiger partial charge in [0.1, 0.15) is 5.82 Å². The quantitative estimate of drug-likeness (QED) is 0.664. The van der Waals surface area contributed by atoms with Crippen molar-refractivity contribution in [1.82, 2.24) is 19.8 Å². The van der Waals surface area contributed by atoms with Crippen molar-refractivity contribution in [3.63, 3.8) is 0 Å². The van der Waals surface area contributed by atoms with Crippen LogP contribution in [0.5, 0.6) is 0 Å². The van der Waals surface area contributed by atoms with Crippen LogP contribution in [0.25, 0.3) is 0 Å². The second kappa shape index (κ2) is 8.81. The number of benzene rings is 2. The van der Waals surface area contributed by atoms with Crippen molar-refractivity contribution in [2.45, 2.75) is 43.7 Å². The van der Waals surface area contributed by atoms with Crippen LogP contribution in [-0.4, -0.2) is 44.9 Å². The number of carbonyl (C=O) groups is 2. The summed E-state index contributed by atoms with van der Waals surface area (Å²) < 4.78 is 15.6. The van der Waals surface area contributed by atoms with Gasteiger partial charge in [0.25, 0.3) is 5.91 Å². The van der Waals surface area contributed by atoms with Crippen LogP contribution in [0.2, 0.25) is 0 Å². The van der Waals surface area contributed by atoms with E-state index in [9.17, 15) is 14.0 Å². The van der Waals surface area contributed by atoms with E-state index >= 15 is 0 Å². The first-order valence-corrected chi connectivity index (χ1v) is 11.4. The number of halogens is 1. The van der Waals surface area contributed by atoms with E-state index in [1.54, 1.807) is 24.7 Å². The summed E-state index contributed by atoms with van der Waals surface area (Å²) in [6.45, 7) is 1.57. The van der Waals surface area contributed by atoms with Gasteiger partial charge >= 0.3 is 0 Å². The molecule has 2 amide bonds. The van der Waals surface area contributed by atoms with Crippen molar-refractivity contribution in [2.75, 3.05) is 13.1 Å². The number of rotatable bonds is 4. The number of likely N-dealkylation sites (tertiary alicyclic amines) is 1. The Balaban J connectivity index is 1.43. The lowest BCUT2D eigenvalue weighted by Gasteiger charge is -2.34. The Morgan fingerprint density at radius 1 is 1.18 bits per heavy atom. The molecule has 2 aliphatic heterocycles. The van der Waals surface area contributed by atoms with Gasteiger partial charge in [-0.1, -0.05) is 30.7 Å². The molecule has 170 valence electrons. The Labute approximate surface area is 192 Å². The average molecular weight is 447 g/mol. The number of amides is 2. The predicted octanol–water partition coefficient (Wildman–Crippen LogP) is 3.74. The van der Waals surface area contributed by atoms with Gasteiger partial charge in [-0.15, -0.1) is 0 Å². The maximum atomic E-state index is 13.6. The van der Waals surface area contributed by atoms with Crippen LogP contribution >= 0.6 is 0 Å². The molecule has 1 aromatic heterocycles. The highest BCUT2D eigenvalue weighted by atomic mass is 19.1. The summed E-state index contributed by atoms with van der Waals surface area (Å²) in [5, 5.41) is 3.26. The fraction of sp³-hybridized carbons (Fsp3) is 0.346. The Morgan fingerprint density at radius 2 is 2.03 bits per heavy atom. The third-order valence-corrected chi connectivity index (χ3v) is 6.87. The van der Waals surface area contributed by atoms with Crippen LogP contribution in [0.3, 0.4) is 0 Å². The molecule has 2 fully saturated rings. The third kappa shape index (κ3) is 4.40. The highest BCUT2D eigenvalue weighted by Gasteiger charge is 2.49. The monoisotopic (exact) mass is 446 g/mol. The second-order valence-electron chi connectivity index (χ2n) is 9.14. The van der Waals surface area contributed by atoms with Gasteiger partial charge in [0.15, 0.2) is 0 Å². The molecular weight excluding hydrogens is 419 g/mol. The molecule has 2 aromatic carbocycles. The van der Waals surface area contributed by atoms with Crippen LogP contribution in [0, 0.1) is 5.82 Å². The van der Waals surface area contributed by atoms with E-state index in [0.29, 0.717) is 31.6 Å². The predicted molar refractivity (Wildman–Crippen MR) is 122 cm³/mol. The summed E-state index contributed by atoms with van der Waals surface area (Å²) in [5.41, 5.74) is 2.06. The van der Waals surface area contributed by atoms with E-state index < -0.39 is 5.54 Å². The van der Waals surface area contributed by atoms with Crippen molar-refractivity contribution >= 4 is 11.8 Å². The van der Waals surface area contributed by atoms with Crippen molar-refractivity contribution in [3.05, 3.63) is 89.8 Å². The van der Waals surface area contributed by atoms with E-state index in [1.807, 2.05) is 39.9 Å². The molecule has 2 aliphatic rings. The number of imidazole rings is 1. The summed E-state index contributed by atoms with van der Waals surface area (Å²) >= 11 is 0. The Morgan fingerprint density at radius 3 is 2.82 bits per heavy atom. The number of aromatic nitrogens is 2. The average Bonchev–Trinajstić information content (AvgIpc) is 3.40. The van der Waals surface area contributed by atoms with Gasteiger partial charge in [-0.2, -0.15) is 0 Å². The minimum atomic E-state index is -0.532. The first-order valence-electron chi connectivity index (χ1n) is 11.4. The first-order chi connectivity index (χ1) is 16.0. The molecule has 0 radical (unpaired) electrons. The molecule has 6 nitrogen and oxygen atoms in total. The van der Waals surface area contributed by atoms with E-state index in [1.165, 1.54) is 12.1 Å². The molecule has 0 bridgehead atoms. The van der Waals surface area contributed by atoms with E-state index in [2.05, 4.69) is 10.3 Å². The summed E-state index contributed by atoms with van der Waals surface area (Å²) in [7, 11) is 0. The molecule has 0 saturated carbocycles. The van der Waals surface area contributed by atoms with Crippen LogP contribution in [-0.2, 0) is 11.3 Å². The second-order valence-corrected chi connectivity index (χ2v) is 9.14. The molecular formula is C26H27FN4O2. The lowest BCUT2D eigenvalue weighted by atomic mass is 9.79. The standard InChI is InChI=1S/C26H27FN4O2/c27-22-9-7-20(8-10-22)23-16-31(17-26(23)11-2-1-6-24(32)29-26)25(33)21-5-3-4-19(14-21)15-30-13-12-28-18-30/h3-5,7-10,12-14,18,23H,1-2,6,11,15-17H2,(H,29,32)/t23-,26+/m0/s1. The van der Waals surface area contributed by atoms with Gasteiger partial charge in [-0.25, -0.2) is 9.37 Å². The normalized spacial score (nSPS) is 22.9. The number of hydrogen-bond acceptors (Lipinski definition) is 3. The van der Waals surface area contributed by atoms with Gasteiger partial charge in [0, 0.05) is 49.9 Å². The number of nitrogens with zero attached hydrogens (tertiary/aromatic N) is 3. The zero-order chi connectivity index (χ0) is 22.8. The Hall–Kier alpha value is -3.48. The Kier molecular flexibility index (Phi) is 5.70. The first kappa shape index (κ1) is 21.4. The number of nitrogens with one attached hydrogen (secondary N) is 1. The smallest absolute Gasteiger partial charge is 0.253 e. The molecule has 2 atom stereocenters. The highest BCUT2D eigenvalue weighted by molar-refractivity contribution is 5.95. The summed E-state index contributed by atoms with van der Waals surface area (Å²) in [4.78, 5) is 32.0. The van der Waals surface area contributed by atoms with Gasteiger partial charge in [-0.3, -0.25) is 9.59 Å². The minimum absolute atomic E-state index is 0.0243. The Bertz CT molecular complexity index is 1150. The van der Waals surface area contributed by atoms with Gasteiger partial charge in [0.05, 0.1) is 11.9 Å². The van der Waals surface area contributed by atoms with Crippen molar-refractivity contribution in [3.8, 4) is 0 Å². The van der Waals surface area contributed by atoms with Gasteiger partial charge in [0.2, 0.25) is 5.91 Å². The summed E-state index contributed by atoms with van der Waals surface area (Å²) in [6.07, 6.45) is 8.43. The lowest BCUT2D eigenvalue weighted by Crippen LogP contribution is -2.52. The van der Waals surface area contributed by atoms with E-state index in [-0.39, 0.29) is 23.5 Å². The minimum Gasteiger partial charge on any atom is -0.348 e. The van der Waals surface area contributed by atoms with Gasteiger partial charge < -0.3 is 14.8 Å². The molecule has 2 saturated heterocycles. The molecule has 3 aromatic rings. The number of carbonyl (C=O) groups excluding carboxylic acids is 2. The molecule has 0 aliphatic carbocycles. The van der Waals surface area contributed by atoms with Gasteiger partial charge in [-0.05, 0) is 48.2 Å². The van der Waals surface area contributed by atoms with E-state index in [0.717, 1.165) is 30.4 Å². The summed E-state index contributed by atoms with van der Waals surface area (Å²) in [6, 6.07) is 14.1. The van der Waals surface area contributed by atoms with Crippen LogP contribution in [0.4, 0.5) is 4.39 Å². The van der Waals surface area contributed by atoms with Crippen LogP contribution in [0.1, 0.15) is 53.1 Å². The SMILES string of the molecule is O=C1CCCC[C@]2(CN(C(=O)c3cccc(Cn4ccnc4)c3)C[C@H]2c2ccc(F)cc2)N1.